The highest BCUT2D eigenvalue weighted by molar-refractivity contribution is 6.07. The SMILES string of the molecule is CN(C(=O)c1ccn2ncc(-c3ccc(C(=O)NCCN)cc3)c2c1)c1ccc(C#N)cn1.CN(C(=O)c1ccn2ncc(-c3ccc(C(=O)NCCNC(=O)OC(C)(C)C)cc3)c2c1)c1ccc(C#N)cn1. The lowest BCUT2D eigenvalue weighted by Crippen LogP contribution is -2.37. The van der Waals surface area contributed by atoms with Crippen LogP contribution in [0.2, 0.25) is 0 Å². The second kappa shape index (κ2) is 22.8. The molecule has 0 fully saturated rings. The summed E-state index contributed by atoms with van der Waals surface area (Å²) in [6, 6.07) is 31.6. The fourth-order valence-corrected chi connectivity index (χ4v) is 7.22. The first-order valence-electron chi connectivity index (χ1n) is 22.7. The van der Waals surface area contributed by atoms with E-state index in [4.69, 9.17) is 21.0 Å². The van der Waals surface area contributed by atoms with Gasteiger partial charge in [0.05, 0.1) is 34.6 Å². The average Bonchev–Trinajstić information content (AvgIpc) is 4.04. The lowest BCUT2D eigenvalue weighted by molar-refractivity contribution is 0.0526. The van der Waals surface area contributed by atoms with Gasteiger partial charge in [0, 0.05) is 98.4 Å². The summed E-state index contributed by atoms with van der Waals surface area (Å²) >= 11 is 0. The molecule has 5 amide bonds. The van der Waals surface area contributed by atoms with Crippen LogP contribution in [0.1, 0.15) is 73.3 Å². The Balaban J connectivity index is 0.000000218. The summed E-state index contributed by atoms with van der Waals surface area (Å²) in [7, 11) is 3.25. The molecular formula is C53H50N14O6. The topological polar surface area (TPSA) is 271 Å². The quantitative estimate of drug-likeness (QED) is 0.0962. The van der Waals surface area contributed by atoms with Gasteiger partial charge in [0.15, 0.2) is 0 Å². The van der Waals surface area contributed by atoms with Gasteiger partial charge >= 0.3 is 6.09 Å². The van der Waals surface area contributed by atoms with E-state index < -0.39 is 11.7 Å². The Morgan fingerprint density at radius 3 is 1.40 bits per heavy atom. The summed E-state index contributed by atoms with van der Waals surface area (Å²) in [5, 5.41) is 34.8. The van der Waals surface area contributed by atoms with E-state index in [9.17, 15) is 24.0 Å². The maximum Gasteiger partial charge on any atom is 0.407 e. The van der Waals surface area contributed by atoms with Crippen LogP contribution in [0.4, 0.5) is 16.4 Å². The number of fused-ring (bicyclic) bond motifs is 2. The Hall–Kier alpha value is -9.79. The Labute approximate surface area is 419 Å². The summed E-state index contributed by atoms with van der Waals surface area (Å²) in [6.07, 6.45) is 9.16. The molecule has 0 bridgehead atoms. The molecule has 368 valence electrons. The molecule has 0 atom stereocenters. The number of benzene rings is 2. The predicted molar refractivity (Wildman–Crippen MR) is 273 cm³/mol. The number of pyridine rings is 4. The van der Waals surface area contributed by atoms with Crippen molar-refractivity contribution >= 4 is 52.4 Å². The first kappa shape index (κ1) is 51.1. The van der Waals surface area contributed by atoms with Crippen molar-refractivity contribution in [3.05, 3.63) is 168 Å². The maximum absolute atomic E-state index is 13.2. The van der Waals surface area contributed by atoms with Crippen molar-refractivity contribution < 1.29 is 28.7 Å². The second-order valence-corrected chi connectivity index (χ2v) is 17.3. The van der Waals surface area contributed by atoms with Crippen LogP contribution >= 0.6 is 0 Å². The molecule has 0 aliphatic carbocycles. The molecule has 0 aliphatic heterocycles. The molecule has 5 N–H and O–H groups in total. The van der Waals surface area contributed by atoms with Crippen molar-refractivity contribution in [3.8, 4) is 34.4 Å². The fraction of sp³-hybridized carbons (Fsp3) is 0.189. The van der Waals surface area contributed by atoms with E-state index in [1.165, 1.54) is 22.2 Å². The van der Waals surface area contributed by atoms with Gasteiger partial charge in [0.1, 0.15) is 29.4 Å². The zero-order valence-electron chi connectivity index (χ0n) is 40.5. The van der Waals surface area contributed by atoms with Gasteiger partial charge in [-0.1, -0.05) is 24.3 Å². The Bertz CT molecular complexity index is 3390. The monoisotopic (exact) mass is 978 g/mol. The van der Waals surface area contributed by atoms with Crippen molar-refractivity contribution in [1.29, 1.82) is 10.5 Å². The number of nitrogens with one attached hydrogen (secondary N) is 3. The van der Waals surface area contributed by atoms with E-state index in [0.717, 1.165) is 33.3 Å². The third kappa shape index (κ3) is 12.5. The molecule has 0 saturated carbocycles. The smallest absolute Gasteiger partial charge is 0.407 e. The van der Waals surface area contributed by atoms with Crippen LogP contribution in [-0.2, 0) is 4.74 Å². The van der Waals surface area contributed by atoms with Crippen LogP contribution in [0.25, 0.3) is 33.3 Å². The standard InChI is InChI=1S/C29H29N7O4.C24H21N7O2/c1-29(2,3)40-28(39)32-13-12-31-26(37)21-8-6-20(7-9-21)23-18-34-36-14-11-22(15-24(23)36)27(38)35(4)25-10-5-19(16-30)17-33-25;1-30(22-7-2-16(13-26)14-28-22)24(33)19-8-11-31-21(12-19)20(15-29-31)17-3-5-18(6-4-17)23(32)27-10-9-25/h5-11,14-15,17-18H,12-13H2,1-4H3,(H,31,37)(H,32,39);2-8,11-12,14-15H,9-10,25H2,1H3,(H,27,32). The highest BCUT2D eigenvalue weighted by atomic mass is 16.6. The number of nitrogens with zero attached hydrogens (tertiary/aromatic N) is 10. The molecule has 20 nitrogen and oxygen atoms in total. The van der Waals surface area contributed by atoms with E-state index in [0.29, 0.717) is 58.1 Å². The third-order valence-electron chi connectivity index (χ3n) is 11.0. The van der Waals surface area contributed by atoms with Crippen LogP contribution in [0.3, 0.4) is 0 Å². The summed E-state index contributed by atoms with van der Waals surface area (Å²) < 4.78 is 8.52. The highest BCUT2D eigenvalue weighted by Crippen LogP contribution is 2.28. The Kier molecular flexibility index (Phi) is 15.9. The maximum atomic E-state index is 13.2. The molecule has 0 unspecified atom stereocenters. The number of hydrogen-bond acceptors (Lipinski definition) is 13. The van der Waals surface area contributed by atoms with E-state index >= 15 is 0 Å². The molecule has 6 heterocycles. The van der Waals surface area contributed by atoms with E-state index in [-0.39, 0.29) is 36.7 Å². The van der Waals surface area contributed by atoms with Crippen LogP contribution in [-0.4, -0.2) is 105 Å². The number of carbonyl (C=O) groups is 5. The summed E-state index contributed by atoms with van der Waals surface area (Å²) in [4.78, 5) is 73.8. The summed E-state index contributed by atoms with van der Waals surface area (Å²) in [6.45, 7) is 6.61. The number of aromatic nitrogens is 6. The number of ether oxygens (including phenoxy) is 1. The number of anilines is 2. The molecule has 8 rings (SSSR count). The highest BCUT2D eigenvalue weighted by Gasteiger charge is 2.20. The van der Waals surface area contributed by atoms with Crippen LogP contribution in [0.15, 0.2) is 134 Å². The van der Waals surface area contributed by atoms with Crippen molar-refractivity contribution in [1.82, 2.24) is 45.1 Å². The first-order chi connectivity index (χ1) is 35.1. The van der Waals surface area contributed by atoms with Crippen molar-refractivity contribution in [3.63, 3.8) is 0 Å². The molecule has 0 radical (unpaired) electrons. The molecule has 8 aromatic rings. The Morgan fingerprint density at radius 1 is 0.589 bits per heavy atom. The van der Waals surface area contributed by atoms with Crippen molar-refractivity contribution in [2.45, 2.75) is 26.4 Å². The van der Waals surface area contributed by atoms with Gasteiger partial charge in [-0.05, 0) is 105 Å². The Morgan fingerprint density at radius 2 is 1.01 bits per heavy atom. The molecule has 0 aliphatic rings. The van der Waals surface area contributed by atoms with Gasteiger partial charge in [-0.3, -0.25) is 29.0 Å². The van der Waals surface area contributed by atoms with E-state index in [1.807, 2.05) is 36.4 Å². The number of rotatable bonds is 13. The van der Waals surface area contributed by atoms with E-state index in [2.05, 4.69) is 36.1 Å². The van der Waals surface area contributed by atoms with Crippen LogP contribution in [0, 0.1) is 22.7 Å². The first-order valence-corrected chi connectivity index (χ1v) is 22.7. The lowest BCUT2D eigenvalue weighted by atomic mass is 10.0. The average molecular weight is 979 g/mol. The minimum absolute atomic E-state index is 0.181. The van der Waals surface area contributed by atoms with E-state index in [1.54, 1.807) is 141 Å². The number of hydrogen-bond donors (Lipinski definition) is 4. The van der Waals surface area contributed by atoms with Crippen LogP contribution in [0.5, 0.6) is 0 Å². The minimum atomic E-state index is -0.590. The van der Waals surface area contributed by atoms with Crippen LogP contribution < -0.4 is 31.5 Å². The summed E-state index contributed by atoms with van der Waals surface area (Å²) in [5.41, 5.74) is 12.4. The zero-order valence-corrected chi connectivity index (χ0v) is 40.5. The van der Waals surface area contributed by atoms with Gasteiger partial charge in [0.2, 0.25) is 0 Å². The van der Waals surface area contributed by atoms with Gasteiger partial charge in [-0.15, -0.1) is 0 Å². The molecule has 20 heteroatoms. The molecular weight excluding hydrogens is 929 g/mol. The van der Waals surface area contributed by atoms with Gasteiger partial charge < -0.3 is 26.4 Å². The normalized spacial score (nSPS) is 10.8. The number of carbonyl (C=O) groups excluding carboxylic acids is 5. The molecule has 73 heavy (non-hydrogen) atoms. The molecule has 0 saturated heterocycles. The lowest BCUT2D eigenvalue weighted by Gasteiger charge is -2.19. The van der Waals surface area contributed by atoms with Crippen molar-refractivity contribution in [2.75, 3.05) is 50.1 Å². The van der Waals surface area contributed by atoms with Gasteiger partial charge in [-0.2, -0.15) is 20.7 Å². The molecule has 2 aromatic carbocycles. The molecule has 0 spiro atoms. The molecule has 6 aromatic heterocycles. The largest absolute Gasteiger partial charge is 0.444 e. The second-order valence-electron chi connectivity index (χ2n) is 17.3. The fourth-order valence-electron chi connectivity index (χ4n) is 7.22. The van der Waals surface area contributed by atoms with Gasteiger partial charge in [-0.25, -0.2) is 23.8 Å². The summed E-state index contributed by atoms with van der Waals surface area (Å²) in [5.74, 6) is -0.0963. The minimum Gasteiger partial charge on any atom is -0.444 e. The number of nitrogens with two attached hydrogens (primary N) is 1. The van der Waals surface area contributed by atoms with Crippen molar-refractivity contribution in [2.24, 2.45) is 5.73 Å². The number of alkyl carbamates (subject to hydrolysis) is 1. The third-order valence-corrected chi connectivity index (χ3v) is 11.0. The zero-order chi connectivity index (χ0) is 52.2. The van der Waals surface area contributed by atoms with Gasteiger partial charge in [0.25, 0.3) is 23.6 Å². The number of amides is 5. The number of nitriles is 2. The predicted octanol–water partition coefficient (Wildman–Crippen LogP) is 6.03.